The van der Waals surface area contributed by atoms with E-state index >= 15 is 0 Å². The van der Waals surface area contributed by atoms with E-state index < -0.39 is 0 Å². The summed E-state index contributed by atoms with van der Waals surface area (Å²) in [5, 5.41) is 2.92. The highest BCUT2D eigenvalue weighted by Gasteiger charge is 2.24. The van der Waals surface area contributed by atoms with Gasteiger partial charge < -0.3 is 19.9 Å². The van der Waals surface area contributed by atoms with Gasteiger partial charge in [-0.25, -0.2) is 4.98 Å². The molecule has 0 radical (unpaired) electrons. The largest absolute Gasteiger partial charge is 0.375 e. The average molecular weight is 316 g/mol. The lowest BCUT2D eigenvalue weighted by molar-refractivity contribution is -0.125. The van der Waals surface area contributed by atoms with Crippen molar-refractivity contribution in [3.63, 3.8) is 0 Å². The van der Waals surface area contributed by atoms with Gasteiger partial charge in [0, 0.05) is 31.8 Å². The van der Waals surface area contributed by atoms with Gasteiger partial charge in [0.05, 0.1) is 17.4 Å². The van der Waals surface area contributed by atoms with Crippen molar-refractivity contribution in [3.05, 3.63) is 30.1 Å². The van der Waals surface area contributed by atoms with Crippen molar-refractivity contribution in [2.45, 2.75) is 18.9 Å². The van der Waals surface area contributed by atoms with Crippen LogP contribution in [0.5, 0.6) is 0 Å². The van der Waals surface area contributed by atoms with Crippen molar-refractivity contribution in [2.24, 2.45) is 0 Å². The van der Waals surface area contributed by atoms with Gasteiger partial charge in [-0.05, 0) is 31.0 Å². The Labute approximate surface area is 134 Å². The fraction of sp³-hybridized carbons (Fsp3) is 0.438. The number of aromatic amines is 1. The van der Waals surface area contributed by atoms with E-state index in [-0.39, 0.29) is 24.5 Å². The minimum absolute atomic E-state index is 0.0168. The molecule has 0 aliphatic carbocycles. The van der Waals surface area contributed by atoms with Crippen LogP contribution in [-0.4, -0.2) is 59.5 Å². The molecule has 122 valence electrons. The first kappa shape index (κ1) is 15.5. The van der Waals surface area contributed by atoms with Gasteiger partial charge in [0.25, 0.3) is 5.91 Å². The van der Waals surface area contributed by atoms with Gasteiger partial charge in [-0.2, -0.15) is 0 Å². The highest BCUT2D eigenvalue weighted by Crippen LogP contribution is 2.17. The molecule has 2 amide bonds. The zero-order valence-corrected chi connectivity index (χ0v) is 13.0. The number of likely N-dealkylation sites (tertiary alicyclic amines) is 1. The van der Waals surface area contributed by atoms with Crippen molar-refractivity contribution in [1.29, 1.82) is 0 Å². The summed E-state index contributed by atoms with van der Waals surface area (Å²) in [6.07, 6.45) is 3.13. The van der Waals surface area contributed by atoms with Gasteiger partial charge >= 0.3 is 0 Å². The minimum Gasteiger partial charge on any atom is -0.375 e. The molecule has 0 atom stereocenters. The number of methoxy groups -OCH3 is 1. The Morgan fingerprint density at radius 3 is 2.91 bits per heavy atom. The molecule has 1 aliphatic rings. The van der Waals surface area contributed by atoms with Crippen LogP contribution in [-0.2, 0) is 9.53 Å². The van der Waals surface area contributed by atoms with E-state index in [1.54, 1.807) is 12.4 Å². The maximum absolute atomic E-state index is 12.6. The number of piperidine rings is 1. The number of ether oxygens (including phenoxy) is 1. The zero-order valence-electron chi connectivity index (χ0n) is 13.0. The van der Waals surface area contributed by atoms with Crippen LogP contribution < -0.4 is 5.32 Å². The number of carbonyl (C=O) groups is 2. The maximum Gasteiger partial charge on any atom is 0.253 e. The van der Waals surface area contributed by atoms with Gasteiger partial charge in [-0.1, -0.05) is 0 Å². The number of imidazole rings is 1. The van der Waals surface area contributed by atoms with Crippen molar-refractivity contribution in [1.82, 2.24) is 20.2 Å². The molecule has 1 aromatic carbocycles. The molecule has 1 aliphatic heterocycles. The molecule has 1 fully saturated rings. The van der Waals surface area contributed by atoms with Crippen LogP contribution in [0, 0.1) is 0 Å². The highest BCUT2D eigenvalue weighted by atomic mass is 16.5. The molecule has 3 rings (SSSR count). The lowest BCUT2D eigenvalue weighted by atomic mass is 10.0. The summed E-state index contributed by atoms with van der Waals surface area (Å²) in [7, 11) is 1.50. The fourth-order valence-electron chi connectivity index (χ4n) is 2.88. The van der Waals surface area contributed by atoms with Crippen LogP contribution in [0.3, 0.4) is 0 Å². The van der Waals surface area contributed by atoms with Crippen molar-refractivity contribution < 1.29 is 14.3 Å². The standard InChI is InChI=1S/C16H20N4O3/c1-23-9-15(21)19-12-4-6-20(7-5-12)16(22)11-2-3-13-14(8-11)18-10-17-13/h2-3,8,10,12H,4-7,9H2,1H3,(H,17,18)(H,19,21). The second-order valence-corrected chi connectivity index (χ2v) is 5.70. The molecule has 0 saturated carbocycles. The van der Waals surface area contributed by atoms with E-state index in [4.69, 9.17) is 4.74 Å². The molecule has 0 unspecified atom stereocenters. The number of rotatable bonds is 4. The second-order valence-electron chi connectivity index (χ2n) is 5.70. The fourth-order valence-corrected chi connectivity index (χ4v) is 2.88. The third kappa shape index (κ3) is 3.50. The third-order valence-electron chi connectivity index (χ3n) is 4.09. The summed E-state index contributed by atoms with van der Waals surface area (Å²) in [6, 6.07) is 5.59. The molecule has 7 nitrogen and oxygen atoms in total. The predicted octanol–water partition coefficient (Wildman–Crippen LogP) is 0.930. The van der Waals surface area contributed by atoms with E-state index in [9.17, 15) is 9.59 Å². The third-order valence-corrected chi connectivity index (χ3v) is 4.09. The summed E-state index contributed by atoms with van der Waals surface area (Å²) in [5.74, 6) is -0.0925. The first-order valence-electron chi connectivity index (χ1n) is 7.68. The normalized spacial score (nSPS) is 15.8. The number of fused-ring (bicyclic) bond motifs is 1. The number of nitrogens with zero attached hydrogens (tertiary/aromatic N) is 2. The number of nitrogens with one attached hydrogen (secondary N) is 2. The number of hydrogen-bond donors (Lipinski definition) is 2. The first-order chi connectivity index (χ1) is 11.2. The number of amides is 2. The monoisotopic (exact) mass is 316 g/mol. The van der Waals surface area contributed by atoms with Crippen molar-refractivity contribution >= 4 is 22.8 Å². The molecule has 1 aromatic heterocycles. The van der Waals surface area contributed by atoms with Crippen LogP contribution in [0.2, 0.25) is 0 Å². The molecule has 7 heteroatoms. The lowest BCUT2D eigenvalue weighted by Gasteiger charge is -2.32. The Balaban J connectivity index is 1.58. The highest BCUT2D eigenvalue weighted by molar-refractivity contribution is 5.97. The molecule has 23 heavy (non-hydrogen) atoms. The Hall–Kier alpha value is -2.41. The van der Waals surface area contributed by atoms with Crippen molar-refractivity contribution in [3.8, 4) is 0 Å². The Morgan fingerprint density at radius 1 is 1.39 bits per heavy atom. The van der Waals surface area contributed by atoms with Crippen LogP contribution >= 0.6 is 0 Å². The molecule has 2 N–H and O–H groups in total. The van der Waals surface area contributed by atoms with E-state index in [1.165, 1.54) is 7.11 Å². The van der Waals surface area contributed by atoms with Gasteiger partial charge in [-0.3, -0.25) is 9.59 Å². The topological polar surface area (TPSA) is 87.3 Å². The Morgan fingerprint density at radius 2 is 2.17 bits per heavy atom. The van der Waals surface area contributed by atoms with Crippen LogP contribution in [0.4, 0.5) is 0 Å². The summed E-state index contributed by atoms with van der Waals surface area (Å²) >= 11 is 0. The first-order valence-corrected chi connectivity index (χ1v) is 7.68. The number of benzene rings is 1. The SMILES string of the molecule is COCC(=O)NC1CCN(C(=O)c2ccc3nc[nH]c3c2)CC1. The van der Waals surface area contributed by atoms with Crippen LogP contribution in [0.15, 0.2) is 24.5 Å². The second kappa shape index (κ2) is 6.78. The summed E-state index contributed by atoms with van der Waals surface area (Å²) in [6.45, 7) is 1.35. The van der Waals surface area contributed by atoms with E-state index in [2.05, 4.69) is 15.3 Å². The summed E-state index contributed by atoms with van der Waals surface area (Å²) < 4.78 is 4.81. The lowest BCUT2D eigenvalue weighted by Crippen LogP contribution is -2.47. The van der Waals surface area contributed by atoms with E-state index in [1.807, 2.05) is 17.0 Å². The summed E-state index contributed by atoms with van der Waals surface area (Å²) in [5.41, 5.74) is 2.36. The molecule has 2 heterocycles. The van der Waals surface area contributed by atoms with Gasteiger partial charge in [0.2, 0.25) is 5.91 Å². The number of H-pyrrole nitrogens is 1. The smallest absolute Gasteiger partial charge is 0.253 e. The number of hydrogen-bond acceptors (Lipinski definition) is 4. The minimum atomic E-state index is -0.109. The number of aromatic nitrogens is 2. The van der Waals surface area contributed by atoms with Crippen molar-refractivity contribution in [2.75, 3.05) is 26.8 Å². The molecular weight excluding hydrogens is 296 g/mol. The predicted molar refractivity (Wildman–Crippen MR) is 85.0 cm³/mol. The zero-order chi connectivity index (χ0) is 16.2. The quantitative estimate of drug-likeness (QED) is 0.878. The average Bonchev–Trinajstić information content (AvgIpc) is 3.02. The summed E-state index contributed by atoms with van der Waals surface area (Å²) in [4.78, 5) is 33.1. The number of carbonyl (C=O) groups excluding carboxylic acids is 2. The van der Waals surface area contributed by atoms with Crippen LogP contribution in [0.1, 0.15) is 23.2 Å². The molecular formula is C16H20N4O3. The molecule has 0 spiro atoms. The van der Waals surface area contributed by atoms with Gasteiger partial charge in [0.1, 0.15) is 6.61 Å². The van der Waals surface area contributed by atoms with Gasteiger partial charge in [0.15, 0.2) is 0 Å². The van der Waals surface area contributed by atoms with Crippen LogP contribution in [0.25, 0.3) is 11.0 Å². The molecule has 0 bridgehead atoms. The van der Waals surface area contributed by atoms with E-state index in [0.29, 0.717) is 18.7 Å². The Kier molecular flexibility index (Phi) is 4.57. The van der Waals surface area contributed by atoms with E-state index in [0.717, 1.165) is 23.9 Å². The van der Waals surface area contributed by atoms with Gasteiger partial charge in [-0.15, -0.1) is 0 Å². The molecule has 2 aromatic rings. The maximum atomic E-state index is 12.6. The Bertz CT molecular complexity index is 704. The molecule has 1 saturated heterocycles.